The summed E-state index contributed by atoms with van der Waals surface area (Å²) < 4.78 is 42.9. The first-order valence-corrected chi connectivity index (χ1v) is 7.35. The van der Waals surface area contributed by atoms with Gasteiger partial charge >= 0.3 is 12.1 Å². The molecule has 132 valence electrons. The lowest BCUT2D eigenvalue weighted by molar-refractivity contribution is -0.137. The molecule has 2 aromatic rings. The van der Waals surface area contributed by atoms with Gasteiger partial charge in [0.05, 0.1) is 11.1 Å². The Morgan fingerprint density at radius 1 is 1.24 bits per heavy atom. The van der Waals surface area contributed by atoms with E-state index in [4.69, 9.17) is 16.3 Å². The third-order valence-corrected chi connectivity index (χ3v) is 3.30. The molecule has 2 rings (SSSR count). The highest BCUT2D eigenvalue weighted by Gasteiger charge is 2.30. The zero-order valence-corrected chi connectivity index (χ0v) is 13.6. The minimum absolute atomic E-state index is 0.0594. The molecule has 1 atom stereocenters. The molecule has 1 amide bonds. The first-order chi connectivity index (χ1) is 11.7. The van der Waals surface area contributed by atoms with Crippen LogP contribution in [0.25, 0.3) is 0 Å². The zero-order chi connectivity index (χ0) is 18.6. The number of nitrogens with one attached hydrogen (secondary N) is 1. The number of pyridine rings is 1. The second kappa shape index (κ2) is 7.52. The molecule has 0 aliphatic carbocycles. The molecule has 0 saturated carbocycles. The Bertz CT molecular complexity index is 779. The molecule has 1 heterocycles. The van der Waals surface area contributed by atoms with Gasteiger partial charge in [-0.25, -0.2) is 9.78 Å². The molecule has 0 spiro atoms. The molecule has 25 heavy (non-hydrogen) atoms. The number of carbonyl (C=O) groups excluding carboxylic acids is 2. The van der Waals surface area contributed by atoms with E-state index in [9.17, 15) is 22.8 Å². The zero-order valence-electron chi connectivity index (χ0n) is 12.8. The first kappa shape index (κ1) is 18.7. The molecule has 0 aliphatic rings. The largest absolute Gasteiger partial charge is 0.449 e. The number of esters is 1. The number of aromatic nitrogens is 1. The fourth-order valence-corrected chi connectivity index (χ4v) is 1.91. The maximum Gasteiger partial charge on any atom is 0.416 e. The summed E-state index contributed by atoms with van der Waals surface area (Å²) in [6.07, 6.45) is -4.57. The monoisotopic (exact) mass is 372 g/mol. The van der Waals surface area contributed by atoms with Crippen molar-refractivity contribution in [3.05, 3.63) is 58.9 Å². The maximum atomic E-state index is 12.7. The minimum atomic E-state index is -4.53. The van der Waals surface area contributed by atoms with Gasteiger partial charge in [-0.15, -0.1) is 0 Å². The van der Waals surface area contributed by atoms with Crippen molar-refractivity contribution in [2.45, 2.75) is 19.2 Å². The standard InChI is InChI=1S/C16H12ClF3N2O3/c1-9(25-15(24)10-5-6-13(17)21-8-10)14(23)22-12-4-2-3-11(7-12)16(18,19)20/h2-9H,1H3,(H,22,23)/t9-/m1/s1. The van der Waals surface area contributed by atoms with Gasteiger partial charge in [0.25, 0.3) is 5.91 Å². The second-order valence-electron chi connectivity index (χ2n) is 4.98. The highest BCUT2D eigenvalue weighted by molar-refractivity contribution is 6.29. The third-order valence-electron chi connectivity index (χ3n) is 3.07. The number of carbonyl (C=O) groups is 2. The molecule has 9 heteroatoms. The van der Waals surface area contributed by atoms with Crippen LogP contribution in [0.4, 0.5) is 18.9 Å². The number of hydrogen-bond donors (Lipinski definition) is 1. The van der Waals surface area contributed by atoms with Gasteiger partial charge in [-0.05, 0) is 37.3 Å². The van der Waals surface area contributed by atoms with Crippen LogP contribution in [0.2, 0.25) is 5.15 Å². The quantitative estimate of drug-likeness (QED) is 0.652. The Morgan fingerprint density at radius 3 is 2.56 bits per heavy atom. The van der Waals surface area contributed by atoms with Crippen LogP contribution in [0, 0.1) is 0 Å². The molecule has 5 nitrogen and oxygen atoms in total. The summed E-state index contributed by atoms with van der Waals surface area (Å²) in [5.41, 5.74) is -0.874. The summed E-state index contributed by atoms with van der Waals surface area (Å²) in [5.74, 6) is -1.58. The van der Waals surface area contributed by atoms with Crippen LogP contribution in [0.5, 0.6) is 0 Å². The summed E-state index contributed by atoms with van der Waals surface area (Å²) in [6.45, 7) is 1.30. The lowest BCUT2D eigenvalue weighted by Gasteiger charge is -2.14. The molecular weight excluding hydrogens is 361 g/mol. The number of amides is 1. The van der Waals surface area contributed by atoms with E-state index < -0.39 is 29.7 Å². The topological polar surface area (TPSA) is 68.3 Å². The van der Waals surface area contributed by atoms with E-state index in [-0.39, 0.29) is 16.4 Å². The second-order valence-corrected chi connectivity index (χ2v) is 5.37. The van der Waals surface area contributed by atoms with Crippen LogP contribution in [0.3, 0.4) is 0 Å². The third kappa shape index (κ3) is 5.18. The molecule has 1 N–H and O–H groups in total. The van der Waals surface area contributed by atoms with Gasteiger partial charge in [0.2, 0.25) is 0 Å². The van der Waals surface area contributed by atoms with E-state index in [1.54, 1.807) is 0 Å². The van der Waals surface area contributed by atoms with Crippen molar-refractivity contribution in [2.24, 2.45) is 0 Å². The van der Waals surface area contributed by atoms with Gasteiger partial charge in [0.15, 0.2) is 6.10 Å². The van der Waals surface area contributed by atoms with Crippen LogP contribution in [0.1, 0.15) is 22.8 Å². The van der Waals surface area contributed by atoms with Crippen molar-refractivity contribution < 1.29 is 27.5 Å². The average molecular weight is 373 g/mol. The number of alkyl halides is 3. The number of benzene rings is 1. The number of halogens is 4. The molecular formula is C16H12ClF3N2O3. The summed E-state index contributed by atoms with van der Waals surface area (Å²) in [7, 11) is 0. The van der Waals surface area contributed by atoms with Crippen LogP contribution >= 0.6 is 11.6 Å². The van der Waals surface area contributed by atoms with E-state index >= 15 is 0 Å². The van der Waals surface area contributed by atoms with E-state index in [0.717, 1.165) is 18.2 Å². The predicted octanol–water partition coefficient (Wildman–Crippen LogP) is 3.94. The molecule has 0 bridgehead atoms. The van der Waals surface area contributed by atoms with E-state index in [0.29, 0.717) is 0 Å². The van der Waals surface area contributed by atoms with Crippen molar-refractivity contribution >= 4 is 29.2 Å². The molecule has 0 radical (unpaired) electrons. The number of anilines is 1. The number of rotatable bonds is 4. The molecule has 0 saturated heterocycles. The highest BCUT2D eigenvalue weighted by Crippen LogP contribution is 2.30. The van der Waals surface area contributed by atoms with Gasteiger partial charge < -0.3 is 10.1 Å². The predicted molar refractivity (Wildman–Crippen MR) is 84.2 cm³/mol. The van der Waals surface area contributed by atoms with E-state index in [1.807, 2.05) is 0 Å². The number of hydrogen-bond acceptors (Lipinski definition) is 4. The van der Waals surface area contributed by atoms with Gasteiger partial charge in [0, 0.05) is 11.9 Å². The van der Waals surface area contributed by atoms with Crippen molar-refractivity contribution in [3.63, 3.8) is 0 Å². The smallest absolute Gasteiger partial charge is 0.416 e. The minimum Gasteiger partial charge on any atom is -0.449 e. The van der Waals surface area contributed by atoms with Crippen LogP contribution in [0.15, 0.2) is 42.6 Å². The van der Waals surface area contributed by atoms with Gasteiger partial charge in [0.1, 0.15) is 5.15 Å². The first-order valence-electron chi connectivity index (χ1n) is 6.97. The number of nitrogens with zero attached hydrogens (tertiary/aromatic N) is 1. The Labute approximate surface area is 145 Å². The van der Waals surface area contributed by atoms with Crippen molar-refractivity contribution in [1.82, 2.24) is 4.98 Å². The van der Waals surface area contributed by atoms with E-state index in [1.165, 1.54) is 31.3 Å². The van der Waals surface area contributed by atoms with Crippen molar-refractivity contribution in [3.8, 4) is 0 Å². The van der Waals surface area contributed by atoms with Crippen LogP contribution < -0.4 is 5.32 Å². The summed E-state index contributed by atoms with van der Waals surface area (Å²) in [4.78, 5) is 27.6. The normalized spacial score (nSPS) is 12.4. The maximum absolute atomic E-state index is 12.7. The lowest BCUT2D eigenvalue weighted by atomic mass is 10.2. The number of ether oxygens (including phenoxy) is 1. The van der Waals surface area contributed by atoms with Crippen LogP contribution in [-0.2, 0) is 15.7 Å². The Kier molecular flexibility index (Phi) is 5.63. The fraction of sp³-hybridized carbons (Fsp3) is 0.188. The molecule has 0 fully saturated rings. The summed E-state index contributed by atoms with van der Waals surface area (Å²) in [6, 6.07) is 6.88. The van der Waals surface area contributed by atoms with Gasteiger partial charge in [-0.3, -0.25) is 4.79 Å². The van der Waals surface area contributed by atoms with Crippen molar-refractivity contribution in [1.29, 1.82) is 0 Å². The highest BCUT2D eigenvalue weighted by atomic mass is 35.5. The van der Waals surface area contributed by atoms with Crippen LogP contribution in [-0.4, -0.2) is 23.0 Å². The average Bonchev–Trinajstić information content (AvgIpc) is 2.54. The Morgan fingerprint density at radius 2 is 1.96 bits per heavy atom. The van der Waals surface area contributed by atoms with Crippen molar-refractivity contribution in [2.75, 3.05) is 5.32 Å². The molecule has 1 aromatic carbocycles. The SMILES string of the molecule is C[C@@H](OC(=O)c1ccc(Cl)nc1)C(=O)Nc1cccc(C(F)(F)F)c1. The lowest BCUT2D eigenvalue weighted by Crippen LogP contribution is -2.30. The summed E-state index contributed by atoms with van der Waals surface area (Å²) in [5, 5.41) is 2.45. The summed E-state index contributed by atoms with van der Waals surface area (Å²) >= 11 is 5.60. The van der Waals surface area contributed by atoms with E-state index in [2.05, 4.69) is 10.3 Å². The fourth-order valence-electron chi connectivity index (χ4n) is 1.80. The molecule has 0 unspecified atom stereocenters. The molecule has 0 aliphatic heterocycles. The molecule has 1 aromatic heterocycles. The Balaban J connectivity index is 2.01. The van der Waals surface area contributed by atoms with Gasteiger partial charge in [-0.1, -0.05) is 17.7 Å². The van der Waals surface area contributed by atoms with Gasteiger partial charge in [-0.2, -0.15) is 13.2 Å². The Hall–Kier alpha value is -2.61.